The summed E-state index contributed by atoms with van der Waals surface area (Å²) in [7, 11) is 1.63. The minimum absolute atomic E-state index is 0.0117. The van der Waals surface area contributed by atoms with Crippen molar-refractivity contribution in [2.75, 3.05) is 13.7 Å². The smallest absolute Gasteiger partial charge is 0.242 e. The first kappa shape index (κ1) is 18.0. The molecule has 6 nitrogen and oxygen atoms in total. The zero-order valence-electron chi connectivity index (χ0n) is 14.4. The lowest BCUT2D eigenvalue weighted by Gasteiger charge is -2.12. The Hall–Kier alpha value is -2.80. The molecule has 26 heavy (non-hydrogen) atoms. The van der Waals surface area contributed by atoms with Crippen molar-refractivity contribution in [3.05, 3.63) is 66.6 Å². The van der Waals surface area contributed by atoms with E-state index in [4.69, 9.17) is 9.15 Å². The molecule has 1 aliphatic heterocycles. The highest BCUT2D eigenvalue weighted by Gasteiger charge is 2.37. The second kappa shape index (κ2) is 8.53. The van der Waals surface area contributed by atoms with E-state index in [1.807, 2.05) is 24.3 Å². The molecule has 0 bridgehead atoms. The second-order valence-corrected chi connectivity index (χ2v) is 6.71. The summed E-state index contributed by atoms with van der Waals surface area (Å²) in [6.45, 7) is 4.12. The number of amides is 1. The van der Waals surface area contributed by atoms with E-state index < -0.39 is 0 Å². The van der Waals surface area contributed by atoms with Crippen LogP contribution in [0.25, 0.3) is 0 Å². The summed E-state index contributed by atoms with van der Waals surface area (Å²) in [6, 6.07) is 11.3. The van der Waals surface area contributed by atoms with Crippen molar-refractivity contribution in [1.29, 1.82) is 0 Å². The number of nitrogens with zero attached hydrogens (tertiary/aromatic N) is 3. The molecule has 0 radical (unpaired) electrons. The van der Waals surface area contributed by atoms with Gasteiger partial charge >= 0.3 is 0 Å². The van der Waals surface area contributed by atoms with Crippen molar-refractivity contribution < 1.29 is 13.9 Å². The number of carbonyl (C=O) groups is 1. The van der Waals surface area contributed by atoms with E-state index in [0.717, 1.165) is 11.3 Å². The van der Waals surface area contributed by atoms with Gasteiger partial charge in [-0.05, 0) is 36.2 Å². The first-order valence-electron chi connectivity index (χ1n) is 8.07. The molecule has 0 N–H and O–H groups in total. The summed E-state index contributed by atoms with van der Waals surface area (Å²) in [5.74, 6) is 1.41. The maximum Gasteiger partial charge on any atom is 0.242 e. The van der Waals surface area contributed by atoms with E-state index in [9.17, 15) is 4.79 Å². The third kappa shape index (κ3) is 4.23. The zero-order valence-corrected chi connectivity index (χ0v) is 15.2. The Morgan fingerprint density at radius 1 is 1.35 bits per heavy atom. The molecule has 2 heterocycles. The maximum atomic E-state index is 12.7. The van der Waals surface area contributed by atoms with E-state index in [-0.39, 0.29) is 11.2 Å². The van der Waals surface area contributed by atoms with Gasteiger partial charge in [-0.2, -0.15) is 5.10 Å². The minimum atomic E-state index is -0.235. The van der Waals surface area contributed by atoms with Gasteiger partial charge < -0.3 is 9.15 Å². The van der Waals surface area contributed by atoms with Gasteiger partial charge in [0.15, 0.2) is 5.17 Å². The van der Waals surface area contributed by atoms with Crippen molar-refractivity contribution >= 4 is 29.1 Å². The first-order valence-corrected chi connectivity index (χ1v) is 8.95. The number of ether oxygens (including phenoxy) is 1. The lowest BCUT2D eigenvalue weighted by Crippen LogP contribution is -2.32. The summed E-state index contributed by atoms with van der Waals surface area (Å²) in [4.78, 5) is 14.3. The lowest BCUT2D eigenvalue weighted by molar-refractivity contribution is -0.125. The fraction of sp³-hybridized carbons (Fsp3) is 0.211. The molecule has 3 rings (SSSR count). The molecule has 134 valence electrons. The van der Waals surface area contributed by atoms with Crippen LogP contribution in [0.3, 0.4) is 0 Å². The number of rotatable bonds is 7. The van der Waals surface area contributed by atoms with Gasteiger partial charge in [-0.25, -0.2) is 0 Å². The minimum Gasteiger partial charge on any atom is -0.497 e. The van der Waals surface area contributed by atoms with Gasteiger partial charge in [0.25, 0.3) is 0 Å². The Balaban J connectivity index is 1.73. The van der Waals surface area contributed by atoms with Gasteiger partial charge in [-0.3, -0.25) is 9.69 Å². The molecule has 0 saturated carbocycles. The maximum absolute atomic E-state index is 12.7. The summed E-state index contributed by atoms with van der Waals surface area (Å²) < 4.78 is 10.3. The van der Waals surface area contributed by atoms with Crippen molar-refractivity contribution in [3.63, 3.8) is 0 Å². The highest BCUT2D eigenvalue weighted by atomic mass is 32.2. The van der Waals surface area contributed by atoms with E-state index in [0.29, 0.717) is 23.9 Å². The summed E-state index contributed by atoms with van der Waals surface area (Å²) in [5, 5.41) is 8.56. The van der Waals surface area contributed by atoms with Crippen LogP contribution in [0.15, 0.2) is 69.9 Å². The predicted molar refractivity (Wildman–Crippen MR) is 104 cm³/mol. The number of furan rings is 1. The number of hydrogen-bond donors (Lipinski definition) is 0. The number of thioether (sulfide) groups is 1. The molecule has 1 atom stereocenters. The number of benzene rings is 1. The normalized spacial score (nSPS) is 18.8. The van der Waals surface area contributed by atoms with E-state index in [1.165, 1.54) is 18.0 Å². The van der Waals surface area contributed by atoms with Crippen LogP contribution in [0, 0.1) is 0 Å². The van der Waals surface area contributed by atoms with Crippen LogP contribution in [0.4, 0.5) is 0 Å². The van der Waals surface area contributed by atoms with Gasteiger partial charge in [0, 0.05) is 6.54 Å². The molecule has 1 unspecified atom stereocenters. The highest BCUT2D eigenvalue weighted by molar-refractivity contribution is 8.15. The fourth-order valence-corrected chi connectivity index (χ4v) is 3.63. The van der Waals surface area contributed by atoms with E-state index in [1.54, 1.807) is 36.5 Å². The Labute approximate surface area is 156 Å². The molecule has 1 saturated heterocycles. The van der Waals surface area contributed by atoms with Crippen molar-refractivity contribution in [1.82, 2.24) is 4.90 Å². The predicted octanol–water partition coefficient (Wildman–Crippen LogP) is 3.35. The molecule has 1 fully saturated rings. The Bertz CT molecular complexity index is 813. The average Bonchev–Trinajstić information content (AvgIpc) is 3.27. The summed E-state index contributed by atoms with van der Waals surface area (Å²) in [6.07, 6.45) is 5.38. The van der Waals surface area contributed by atoms with Crippen molar-refractivity contribution in [3.8, 4) is 5.75 Å². The highest BCUT2D eigenvalue weighted by Crippen LogP contribution is 2.30. The van der Waals surface area contributed by atoms with Crippen LogP contribution in [-0.4, -0.2) is 41.1 Å². The number of methoxy groups -OCH3 is 1. The molecule has 2 aromatic rings. The van der Waals surface area contributed by atoms with E-state index >= 15 is 0 Å². The summed E-state index contributed by atoms with van der Waals surface area (Å²) in [5.41, 5.74) is 1.07. The van der Waals surface area contributed by atoms with Gasteiger partial charge in [0.1, 0.15) is 11.5 Å². The van der Waals surface area contributed by atoms with Crippen LogP contribution in [-0.2, 0) is 11.2 Å². The molecule has 1 aromatic heterocycles. The monoisotopic (exact) mass is 369 g/mol. The van der Waals surface area contributed by atoms with Crippen LogP contribution in [0.1, 0.15) is 11.3 Å². The first-order chi connectivity index (χ1) is 12.7. The number of amidine groups is 1. The quantitative estimate of drug-likeness (QED) is 0.426. The molecular weight excluding hydrogens is 350 g/mol. The van der Waals surface area contributed by atoms with Crippen LogP contribution in [0.5, 0.6) is 5.75 Å². The molecular formula is C19H19N3O3S. The average molecular weight is 369 g/mol. The largest absolute Gasteiger partial charge is 0.497 e. The standard InChI is InChI=1S/C19H19N3O3S/c1-3-10-22-18(23)17(12-14-6-8-15(24-2)9-7-14)26-19(22)21-20-13-16-5-4-11-25-16/h3-9,11,13,17H,1,10,12H2,2H3. The molecule has 1 aliphatic rings. The van der Waals surface area contributed by atoms with Crippen LogP contribution in [0.2, 0.25) is 0 Å². The van der Waals surface area contributed by atoms with Crippen LogP contribution >= 0.6 is 11.8 Å². The van der Waals surface area contributed by atoms with Crippen molar-refractivity contribution in [2.45, 2.75) is 11.7 Å². The number of hydrogen-bond acceptors (Lipinski definition) is 6. The Morgan fingerprint density at radius 3 is 2.81 bits per heavy atom. The lowest BCUT2D eigenvalue weighted by atomic mass is 10.1. The topological polar surface area (TPSA) is 67.4 Å². The second-order valence-electron chi connectivity index (χ2n) is 5.54. The van der Waals surface area contributed by atoms with Gasteiger partial charge in [0.2, 0.25) is 5.91 Å². The van der Waals surface area contributed by atoms with Gasteiger partial charge in [-0.15, -0.1) is 11.7 Å². The third-order valence-electron chi connectivity index (χ3n) is 3.78. The Morgan fingerprint density at radius 2 is 2.15 bits per heavy atom. The SMILES string of the molecule is C=CCN1C(=O)C(Cc2ccc(OC)cc2)SC1=NN=Cc1ccco1. The molecule has 0 aliphatic carbocycles. The molecule has 0 spiro atoms. The third-order valence-corrected chi connectivity index (χ3v) is 4.95. The fourth-order valence-electron chi connectivity index (χ4n) is 2.49. The molecule has 7 heteroatoms. The van der Waals surface area contributed by atoms with Gasteiger partial charge in [-0.1, -0.05) is 30.0 Å². The number of carbonyl (C=O) groups excluding carboxylic acids is 1. The Kier molecular flexibility index (Phi) is 5.91. The van der Waals surface area contributed by atoms with Gasteiger partial charge in [0.05, 0.1) is 24.8 Å². The van der Waals surface area contributed by atoms with E-state index in [2.05, 4.69) is 16.8 Å². The van der Waals surface area contributed by atoms with Crippen LogP contribution < -0.4 is 4.74 Å². The zero-order chi connectivity index (χ0) is 18.4. The summed E-state index contributed by atoms with van der Waals surface area (Å²) >= 11 is 1.41. The molecule has 1 aromatic carbocycles. The molecule has 1 amide bonds. The van der Waals surface area contributed by atoms with Crippen molar-refractivity contribution in [2.24, 2.45) is 10.2 Å².